The van der Waals surface area contributed by atoms with Crippen molar-refractivity contribution in [2.75, 3.05) is 0 Å². The van der Waals surface area contributed by atoms with Crippen molar-refractivity contribution in [2.45, 2.75) is 9.79 Å². The van der Waals surface area contributed by atoms with Gasteiger partial charge < -0.3 is 4.57 Å². The lowest BCUT2D eigenvalue weighted by atomic mass is 10.1. The van der Waals surface area contributed by atoms with Crippen LogP contribution in [0.2, 0.25) is 0 Å². The van der Waals surface area contributed by atoms with Crippen molar-refractivity contribution in [1.29, 1.82) is 0 Å². The highest BCUT2D eigenvalue weighted by molar-refractivity contribution is 7.80. The molecule has 3 aromatic rings. The largest absolute Gasteiger partial charge is 0.344 e. The van der Waals surface area contributed by atoms with E-state index in [0.29, 0.717) is 0 Å². The molecule has 0 radical (unpaired) electrons. The highest BCUT2D eigenvalue weighted by atomic mass is 32.1. The molecule has 0 unspecified atom stereocenters. The summed E-state index contributed by atoms with van der Waals surface area (Å²) in [6, 6.07) is 12.5. The van der Waals surface area contributed by atoms with Crippen LogP contribution < -0.4 is 0 Å². The third-order valence-electron chi connectivity index (χ3n) is 2.98. The predicted octanol–water partition coefficient (Wildman–Crippen LogP) is 3.91. The van der Waals surface area contributed by atoms with E-state index in [9.17, 15) is 0 Å². The molecule has 0 saturated heterocycles. The summed E-state index contributed by atoms with van der Waals surface area (Å²) in [6.45, 7) is 0. The van der Waals surface area contributed by atoms with Crippen LogP contribution in [0.4, 0.5) is 0 Å². The Morgan fingerprint density at radius 2 is 1.25 bits per heavy atom. The standard InChI is InChI=1S/C13H11NS2/c1-14-12-6-8(15)2-4-10(12)11-5-3-9(16)7-13(11)14/h2-7,15-16H,1H3. The molecule has 80 valence electrons. The van der Waals surface area contributed by atoms with Crippen molar-refractivity contribution in [3.8, 4) is 0 Å². The van der Waals surface area contributed by atoms with Crippen LogP contribution in [-0.2, 0) is 7.05 Å². The molecule has 1 nitrogen and oxygen atoms in total. The molecule has 16 heavy (non-hydrogen) atoms. The summed E-state index contributed by atoms with van der Waals surface area (Å²) in [4.78, 5) is 1.98. The molecule has 1 aromatic heterocycles. The molecule has 0 spiro atoms. The van der Waals surface area contributed by atoms with Gasteiger partial charge in [0.05, 0.1) is 0 Å². The van der Waals surface area contributed by atoms with E-state index in [-0.39, 0.29) is 0 Å². The Bertz CT molecular complexity index is 639. The number of thiol groups is 2. The molecular formula is C13H11NS2. The van der Waals surface area contributed by atoms with Gasteiger partial charge >= 0.3 is 0 Å². The number of fused-ring (bicyclic) bond motifs is 3. The van der Waals surface area contributed by atoms with E-state index >= 15 is 0 Å². The summed E-state index contributed by atoms with van der Waals surface area (Å²) in [7, 11) is 2.07. The minimum absolute atomic E-state index is 0.990. The summed E-state index contributed by atoms with van der Waals surface area (Å²) in [5.41, 5.74) is 2.42. The zero-order valence-corrected chi connectivity index (χ0v) is 10.6. The molecular weight excluding hydrogens is 234 g/mol. The van der Waals surface area contributed by atoms with Crippen molar-refractivity contribution in [1.82, 2.24) is 4.57 Å². The highest BCUT2D eigenvalue weighted by Crippen LogP contribution is 2.30. The van der Waals surface area contributed by atoms with E-state index in [1.165, 1.54) is 21.8 Å². The Kier molecular flexibility index (Phi) is 2.19. The van der Waals surface area contributed by atoms with E-state index in [0.717, 1.165) is 9.79 Å². The second-order valence-corrected chi connectivity index (χ2v) is 4.99. The van der Waals surface area contributed by atoms with Crippen molar-refractivity contribution >= 4 is 47.1 Å². The van der Waals surface area contributed by atoms with Gasteiger partial charge in [-0.05, 0) is 24.3 Å². The maximum Gasteiger partial charge on any atom is 0.0499 e. The van der Waals surface area contributed by atoms with Crippen LogP contribution in [0.15, 0.2) is 46.2 Å². The Morgan fingerprint density at radius 1 is 0.812 bits per heavy atom. The van der Waals surface area contributed by atoms with Crippen LogP contribution in [0.1, 0.15) is 0 Å². The van der Waals surface area contributed by atoms with Gasteiger partial charge in [0, 0.05) is 38.6 Å². The van der Waals surface area contributed by atoms with E-state index in [1.54, 1.807) is 0 Å². The molecule has 0 aliphatic carbocycles. The molecule has 0 N–H and O–H groups in total. The van der Waals surface area contributed by atoms with Gasteiger partial charge in [0.25, 0.3) is 0 Å². The topological polar surface area (TPSA) is 4.93 Å². The third-order valence-corrected chi connectivity index (χ3v) is 3.53. The fourth-order valence-corrected chi connectivity index (χ4v) is 2.57. The Morgan fingerprint density at radius 3 is 1.69 bits per heavy atom. The Balaban J connectivity index is 2.59. The summed E-state index contributed by atoms with van der Waals surface area (Å²) in [6.07, 6.45) is 0. The van der Waals surface area contributed by atoms with Crippen molar-refractivity contribution < 1.29 is 0 Å². The summed E-state index contributed by atoms with van der Waals surface area (Å²) >= 11 is 8.76. The minimum atomic E-state index is 0.990. The fourth-order valence-electron chi connectivity index (χ4n) is 2.18. The zero-order chi connectivity index (χ0) is 11.3. The van der Waals surface area contributed by atoms with Gasteiger partial charge in [-0.15, -0.1) is 25.3 Å². The summed E-state index contributed by atoms with van der Waals surface area (Å²) < 4.78 is 2.18. The van der Waals surface area contributed by atoms with E-state index in [4.69, 9.17) is 0 Å². The van der Waals surface area contributed by atoms with Gasteiger partial charge in [-0.3, -0.25) is 0 Å². The Hall–Kier alpha value is -1.06. The first-order valence-electron chi connectivity index (χ1n) is 5.07. The molecule has 0 bridgehead atoms. The molecule has 0 aliphatic heterocycles. The van der Waals surface area contributed by atoms with E-state index < -0.39 is 0 Å². The monoisotopic (exact) mass is 245 g/mol. The average Bonchev–Trinajstić information content (AvgIpc) is 2.53. The minimum Gasteiger partial charge on any atom is -0.344 e. The molecule has 0 fully saturated rings. The first-order chi connectivity index (χ1) is 7.66. The normalized spacial score (nSPS) is 11.4. The molecule has 0 amide bonds. The molecule has 1 heterocycles. The van der Waals surface area contributed by atoms with Crippen LogP contribution in [-0.4, -0.2) is 4.57 Å². The first kappa shape index (κ1) is 10.1. The van der Waals surface area contributed by atoms with Crippen LogP contribution in [0, 0.1) is 0 Å². The number of hydrogen-bond donors (Lipinski definition) is 2. The number of nitrogens with zero attached hydrogens (tertiary/aromatic N) is 1. The number of aryl methyl sites for hydroxylation is 1. The number of benzene rings is 2. The quantitative estimate of drug-likeness (QED) is 0.554. The Labute approximate surface area is 105 Å². The number of rotatable bonds is 0. The van der Waals surface area contributed by atoms with Crippen molar-refractivity contribution in [3.05, 3.63) is 36.4 Å². The van der Waals surface area contributed by atoms with E-state index in [1.807, 2.05) is 12.1 Å². The summed E-state index contributed by atoms with van der Waals surface area (Å²) in [5, 5.41) is 2.53. The average molecular weight is 245 g/mol. The van der Waals surface area contributed by atoms with Crippen molar-refractivity contribution in [3.63, 3.8) is 0 Å². The van der Waals surface area contributed by atoms with Crippen LogP contribution in [0.25, 0.3) is 21.8 Å². The third kappa shape index (κ3) is 1.35. The van der Waals surface area contributed by atoms with Gasteiger partial charge in [-0.2, -0.15) is 0 Å². The molecule has 0 saturated carbocycles. The number of aromatic nitrogens is 1. The highest BCUT2D eigenvalue weighted by Gasteiger charge is 2.07. The summed E-state index contributed by atoms with van der Waals surface area (Å²) in [5.74, 6) is 0. The molecule has 2 aromatic carbocycles. The van der Waals surface area contributed by atoms with Gasteiger partial charge in [0.2, 0.25) is 0 Å². The lowest BCUT2D eigenvalue weighted by Crippen LogP contribution is -1.86. The van der Waals surface area contributed by atoms with Gasteiger partial charge in [0.1, 0.15) is 0 Å². The molecule has 3 rings (SSSR count). The second kappa shape index (κ2) is 3.47. The maximum atomic E-state index is 4.38. The van der Waals surface area contributed by atoms with Gasteiger partial charge in [-0.25, -0.2) is 0 Å². The van der Waals surface area contributed by atoms with Crippen LogP contribution >= 0.6 is 25.3 Å². The smallest absolute Gasteiger partial charge is 0.0499 e. The predicted molar refractivity (Wildman–Crippen MR) is 74.9 cm³/mol. The molecule has 3 heteroatoms. The van der Waals surface area contributed by atoms with E-state index in [2.05, 4.69) is 61.1 Å². The number of hydrogen-bond acceptors (Lipinski definition) is 2. The lowest BCUT2D eigenvalue weighted by Gasteiger charge is -1.98. The molecule has 0 atom stereocenters. The lowest BCUT2D eigenvalue weighted by molar-refractivity contribution is 1.01. The molecule has 0 aliphatic rings. The fraction of sp³-hybridized carbons (Fsp3) is 0.0769. The zero-order valence-electron chi connectivity index (χ0n) is 8.81. The maximum absolute atomic E-state index is 4.38. The van der Waals surface area contributed by atoms with Crippen LogP contribution in [0.5, 0.6) is 0 Å². The van der Waals surface area contributed by atoms with Gasteiger partial charge in [-0.1, -0.05) is 12.1 Å². The van der Waals surface area contributed by atoms with Crippen LogP contribution in [0.3, 0.4) is 0 Å². The first-order valence-corrected chi connectivity index (χ1v) is 5.96. The van der Waals surface area contributed by atoms with Gasteiger partial charge in [0.15, 0.2) is 0 Å². The van der Waals surface area contributed by atoms with Crippen molar-refractivity contribution in [2.24, 2.45) is 7.05 Å². The SMILES string of the molecule is Cn1c2cc(S)ccc2c2ccc(S)cc21. The second-order valence-electron chi connectivity index (χ2n) is 3.96.